The highest BCUT2D eigenvalue weighted by molar-refractivity contribution is 5.68. The van der Waals surface area contributed by atoms with Gasteiger partial charge in [0.2, 0.25) is 5.28 Å². The fourth-order valence-electron chi connectivity index (χ4n) is 0.863. The number of hydrazine groups is 1. The van der Waals surface area contributed by atoms with E-state index in [-0.39, 0.29) is 11.5 Å². The molecule has 0 aliphatic rings. The molecule has 0 aromatic carbocycles. The zero-order chi connectivity index (χ0) is 13.4. The third-order valence-electron chi connectivity index (χ3n) is 1.52. The van der Waals surface area contributed by atoms with Gasteiger partial charge in [0.1, 0.15) is 0 Å². The molecule has 0 aliphatic carbocycles. The predicted octanol–water partition coefficient (Wildman–Crippen LogP) is 0.111. The number of esters is 1. The molecule has 0 aliphatic heterocycles. The topological polar surface area (TPSA) is 114 Å². The average molecular weight is 249 g/mol. The maximum atomic E-state index is 11.2. The van der Waals surface area contributed by atoms with E-state index in [9.17, 15) is 14.8 Å². The summed E-state index contributed by atoms with van der Waals surface area (Å²) in [7, 11) is 0. The highest BCUT2D eigenvalue weighted by atomic mass is 16.8. The first kappa shape index (κ1) is 14.9. The van der Waals surface area contributed by atoms with E-state index in [1.807, 2.05) is 0 Å². The molecule has 9 nitrogen and oxygen atoms in total. The lowest BCUT2D eigenvalue weighted by Gasteiger charge is -2.14. The summed E-state index contributed by atoms with van der Waals surface area (Å²) in [5.74, 6) is -1.75. The SMILES string of the molecule is CCN(CC(=O)O)[N+]([O-])=NOC(C)OC(C)=O. The monoisotopic (exact) mass is 249 g/mol. The lowest BCUT2D eigenvalue weighted by Crippen LogP contribution is -2.35. The predicted molar refractivity (Wildman–Crippen MR) is 53.3 cm³/mol. The van der Waals surface area contributed by atoms with E-state index in [4.69, 9.17) is 5.11 Å². The first-order chi connectivity index (χ1) is 7.86. The van der Waals surface area contributed by atoms with Crippen molar-refractivity contribution in [3.63, 3.8) is 0 Å². The number of carbonyl (C=O) groups is 2. The van der Waals surface area contributed by atoms with Gasteiger partial charge in [0, 0.05) is 13.8 Å². The number of carboxylic acid groups (broad SMARTS) is 1. The van der Waals surface area contributed by atoms with Crippen LogP contribution >= 0.6 is 0 Å². The third kappa shape index (κ3) is 6.93. The maximum Gasteiger partial charge on any atom is 0.329 e. The molecular weight excluding hydrogens is 234 g/mol. The Morgan fingerprint density at radius 2 is 2.18 bits per heavy atom. The minimum atomic E-state index is -1.17. The van der Waals surface area contributed by atoms with Crippen LogP contribution in [0.4, 0.5) is 0 Å². The molecule has 0 aromatic heterocycles. The highest BCUT2D eigenvalue weighted by Crippen LogP contribution is 1.97. The Balaban J connectivity index is 4.30. The Hall–Kier alpha value is -2.06. The lowest BCUT2D eigenvalue weighted by atomic mass is 10.6. The normalized spacial score (nSPS) is 12.8. The quantitative estimate of drug-likeness (QED) is 0.224. The van der Waals surface area contributed by atoms with E-state index in [0.717, 1.165) is 5.01 Å². The molecule has 0 bridgehead atoms. The van der Waals surface area contributed by atoms with Crippen LogP contribution in [0.1, 0.15) is 20.8 Å². The van der Waals surface area contributed by atoms with Crippen LogP contribution in [-0.2, 0) is 19.2 Å². The second-order valence-corrected chi connectivity index (χ2v) is 2.99. The Bertz CT molecular complexity index is 306. The lowest BCUT2D eigenvalue weighted by molar-refractivity contribution is -0.710. The fraction of sp³-hybridized carbons (Fsp3) is 0.750. The summed E-state index contributed by atoms with van der Waals surface area (Å²) in [4.78, 5) is 25.4. The second kappa shape index (κ2) is 7.25. The summed E-state index contributed by atoms with van der Waals surface area (Å²) in [6, 6.07) is 0. The fourth-order valence-corrected chi connectivity index (χ4v) is 0.863. The number of hydrogen-bond donors (Lipinski definition) is 1. The number of hydrogen-bond acceptors (Lipinski definition) is 6. The third-order valence-corrected chi connectivity index (χ3v) is 1.52. The molecule has 9 heteroatoms. The molecule has 98 valence electrons. The van der Waals surface area contributed by atoms with Crippen molar-refractivity contribution in [2.75, 3.05) is 13.1 Å². The van der Waals surface area contributed by atoms with Crippen LogP contribution in [0.2, 0.25) is 0 Å². The van der Waals surface area contributed by atoms with Gasteiger partial charge in [-0.15, -0.1) is 5.01 Å². The summed E-state index contributed by atoms with van der Waals surface area (Å²) in [6.45, 7) is 3.77. The van der Waals surface area contributed by atoms with Crippen LogP contribution in [0.15, 0.2) is 5.28 Å². The van der Waals surface area contributed by atoms with Crippen LogP contribution in [0.25, 0.3) is 0 Å². The van der Waals surface area contributed by atoms with Crippen LogP contribution in [0, 0.1) is 5.21 Å². The zero-order valence-corrected chi connectivity index (χ0v) is 9.82. The van der Waals surface area contributed by atoms with Crippen molar-refractivity contribution in [3.8, 4) is 0 Å². The molecule has 0 spiro atoms. The van der Waals surface area contributed by atoms with Gasteiger partial charge in [0.05, 0.1) is 11.5 Å². The number of carbonyl (C=O) groups excluding carboxylic acids is 1. The summed E-state index contributed by atoms with van der Waals surface area (Å²) in [5, 5.41) is 23.7. The first-order valence-corrected chi connectivity index (χ1v) is 4.84. The van der Waals surface area contributed by atoms with Gasteiger partial charge in [0.25, 0.3) is 6.29 Å². The molecule has 0 rings (SSSR count). The summed E-state index contributed by atoms with van der Waals surface area (Å²) in [6.07, 6.45) is -1.02. The van der Waals surface area contributed by atoms with Crippen molar-refractivity contribution in [1.29, 1.82) is 0 Å². The van der Waals surface area contributed by atoms with Crippen molar-refractivity contribution < 1.29 is 29.2 Å². The van der Waals surface area contributed by atoms with Gasteiger partial charge in [0.15, 0.2) is 6.54 Å². The average Bonchev–Trinajstić information content (AvgIpc) is 2.21. The van der Waals surface area contributed by atoms with Crippen molar-refractivity contribution in [2.45, 2.75) is 27.1 Å². The smallest absolute Gasteiger partial charge is 0.329 e. The molecule has 0 radical (unpaired) electrons. The maximum absolute atomic E-state index is 11.2. The second-order valence-electron chi connectivity index (χ2n) is 2.99. The van der Waals surface area contributed by atoms with Crippen LogP contribution in [-0.4, -0.2) is 46.4 Å². The van der Waals surface area contributed by atoms with Crippen molar-refractivity contribution in [2.24, 2.45) is 5.28 Å². The highest BCUT2D eigenvalue weighted by Gasteiger charge is 2.16. The van der Waals surface area contributed by atoms with E-state index in [0.29, 0.717) is 0 Å². The molecule has 1 unspecified atom stereocenters. The van der Waals surface area contributed by atoms with E-state index in [1.165, 1.54) is 13.8 Å². The van der Waals surface area contributed by atoms with Crippen molar-refractivity contribution >= 4 is 11.9 Å². The van der Waals surface area contributed by atoms with Crippen molar-refractivity contribution in [3.05, 3.63) is 5.21 Å². The number of aliphatic carboxylic acids is 1. The van der Waals surface area contributed by atoms with Gasteiger partial charge >= 0.3 is 11.9 Å². The van der Waals surface area contributed by atoms with Gasteiger partial charge in [-0.2, -0.15) is 0 Å². The molecule has 0 amide bonds. The van der Waals surface area contributed by atoms with Gasteiger partial charge in [-0.1, -0.05) is 0 Å². The Morgan fingerprint density at radius 1 is 1.59 bits per heavy atom. The first-order valence-electron chi connectivity index (χ1n) is 4.84. The largest absolute Gasteiger partial charge is 0.569 e. The standard InChI is InChI=1S/C8H15N3O6/c1-4-10(5-8(13)14)11(15)9-17-7(3)16-6(2)12/h7H,4-5H2,1-3H3,(H,13,14). The van der Waals surface area contributed by atoms with E-state index in [2.05, 4.69) is 14.9 Å². The zero-order valence-electron chi connectivity index (χ0n) is 9.82. The van der Waals surface area contributed by atoms with Crippen molar-refractivity contribution in [1.82, 2.24) is 5.01 Å². The minimum absolute atomic E-state index is 0.00584. The van der Waals surface area contributed by atoms with Gasteiger partial charge in [-0.25, -0.2) is 0 Å². The molecule has 0 aromatic rings. The molecular formula is C8H15N3O6. The molecule has 0 saturated heterocycles. The van der Waals surface area contributed by atoms with Crippen LogP contribution in [0.5, 0.6) is 0 Å². The Morgan fingerprint density at radius 3 is 2.59 bits per heavy atom. The van der Waals surface area contributed by atoms with Crippen LogP contribution < -0.4 is 0 Å². The summed E-state index contributed by atoms with van der Waals surface area (Å²) in [5.41, 5.74) is 0. The number of carboxylic acids is 1. The molecule has 1 atom stereocenters. The van der Waals surface area contributed by atoms with Gasteiger partial charge in [-0.3, -0.25) is 14.4 Å². The molecule has 0 fully saturated rings. The van der Waals surface area contributed by atoms with E-state index >= 15 is 0 Å². The molecule has 0 heterocycles. The molecule has 1 N–H and O–H groups in total. The van der Waals surface area contributed by atoms with Gasteiger partial charge in [-0.05, 0) is 6.92 Å². The van der Waals surface area contributed by atoms with Crippen LogP contribution in [0.3, 0.4) is 0 Å². The molecule has 0 saturated carbocycles. The Labute approximate surface area is 97.7 Å². The summed E-state index contributed by atoms with van der Waals surface area (Å²) < 4.78 is 4.54. The number of likely N-dealkylation sites (N-methyl/N-ethyl adjacent to an activating group) is 1. The number of rotatable bonds is 7. The number of nitrogens with zero attached hydrogens (tertiary/aromatic N) is 3. The van der Waals surface area contributed by atoms with Gasteiger partial charge < -0.3 is 15.1 Å². The minimum Gasteiger partial charge on any atom is -0.569 e. The van der Waals surface area contributed by atoms with E-state index in [1.54, 1.807) is 6.92 Å². The molecule has 17 heavy (non-hydrogen) atoms. The Kier molecular flexibility index (Phi) is 6.37. The van der Waals surface area contributed by atoms with E-state index < -0.39 is 24.8 Å². The number of ether oxygens (including phenoxy) is 1. The summed E-state index contributed by atoms with van der Waals surface area (Å²) >= 11 is 0.